The van der Waals surface area contributed by atoms with E-state index in [1.54, 1.807) is 26.8 Å². The molecule has 0 unspecified atom stereocenters. The van der Waals surface area contributed by atoms with E-state index in [4.69, 9.17) is 9.05 Å². The zero-order chi connectivity index (χ0) is 11.9. The normalized spacial score (nSPS) is 13.5. The minimum Gasteiger partial charge on any atom is -0.303 e. The Kier molecular flexibility index (Phi) is 6.73. The second kappa shape index (κ2) is 6.94. The average molecular weight is 234 g/mol. The first-order valence-corrected chi connectivity index (χ1v) is 6.60. The Morgan fingerprint density at radius 2 is 1.87 bits per heavy atom. The maximum Gasteiger partial charge on any atom is 0.396 e. The van der Waals surface area contributed by atoms with Crippen molar-refractivity contribution in [1.82, 2.24) is 0 Å². The topological polar surface area (TPSA) is 52.6 Å². The number of hydrogen-bond donors (Lipinski definition) is 0. The molecular weight excluding hydrogens is 215 g/mol. The van der Waals surface area contributed by atoms with Gasteiger partial charge in [0.2, 0.25) is 5.52 Å². The third-order valence-corrected chi connectivity index (χ3v) is 3.99. The van der Waals surface area contributed by atoms with E-state index in [2.05, 4.69) is 6.58 Å². The molecule has 0 aliphatic rings. The summed E-state index contributed by atoms with van der Waals surface area (Å²) in [4.78, 5) is 11.8. The third kappa shape index (κ3) is 4.29. The number of carbonyl (C=O) groups excluding carboxylic acids is 1. The van der Waals surface area contributed by atoms with E-state index in [1.165, 1.54) is 0 Å². The number of allylic oxidation sites excluding steroid dienone is 1. The molecule has 0 fully saturated rings. The molecule has 1 atom stereocenters. The predicted octanol–water partition coefficient (Wildman–Crippen LogP) is 2.99. The van der Waals surface area contributed by atoms with Crippen molar-refractivity contribution in [2.75, 3.05) is 13.2 Å². The van der Waals surface area contributed by atoms with Gasteiger partial charge in [-0.2, -0.15) is 0 Å². The van der Waals surface area contributed by atoms with Crippen LogP contribution in [0.4, 0.5) is 0 Å². The molecule has 0 bridgehead atoms. The van der Waals surface area contributed by atoms with Gasteiger partial charge in [-0.3, -0.25) is 9.36 Å². The van der Waals surface area contributed by atoms with Crippen LogP contribution in [0.25, 0.3) is 0 Å². The van der Waals surface area contributed by atoms with E-state index in [9.17, 15) is 9.36 Å². The summed E-state index contributed by atoms with van der Waals surface area (Å²) in [5, 5.41) is 0. The number of carbonyl (C=O) groups is 1. The highest BCUT2D eigenvalue weighted by Crippen LogP contribution is 2.51. The predicted molar refractivity (Wildman–Crippen MR) is 59.8 cm³/mol. The van der Waals surface area contributed by atoms with Gasteiger partial charge < -0.3 is 9.05 Å². The highest BCUT2D eigenvalue weighted by molar-refractivity contribution is 7.71. The average Bonchev–Trinajstić information content (AvgIpc) is 2.17. The van der Waals surface area contributed by atoms with Crippen LogP contribution in [0.2, 0.25) is 0 Å². The SMILES string of the molecule is C=CC[C@H](C)C(=O)P(=O)(OCC)OCC. The Morgan fingerprint density at radius 1 is 1.40 bits per heavy atom. The van der Waals surface area contributed by atoms with Crippen molar-refractivity contribution in [2.45, 2.75) is 27.2 Å². The lowest BCUT2D eigenvalue weighted by Gasteiger charge is -2.18. The van der Waals surface area contributed by atoms with Gasteiger partial charge in [0, 0.05) is 5.92 Å². The van der Waals surface area contributed by atoms with Crippen LogP contribution in [-0.2, 0) is 18.4 Å². The summed E-state index contributed by atoms with van der Waals surface area (Å²) in [6, 6.07) is 0. The lowest BCUT2D eigenvalue weighted by atomic mass is 10.1. The molecule has 0 radical (unpaired) electrons. The van der Waals surface area contributed by atoms with Crippen LogP contribution in [0.3, 0.4) is 0 Å². The largest absolute Gasteiger partial charge is 0.396 e. The Labute approximate surface area is 91.2 Å². The van der Waals surface area contributed by atoms with Crippen molar-refractivity contribution in [3.8, 4) is 0 Å². The zero-order valence-electron chi connectivity index (χ0n) is 9.56. The standard InChI is InChI=1S/C10H19O4P/c1-5-8-9(4)10(11)15(12,13-6-2)14-7-3/h5,9H,1,6-8H2,2-4H3/t9-/m0/s1. The quantitative estimate of drug-likeness (QED) is 0.478. The molecule has 0 aromatic carbocycles. The first-order chi connectivity index (χ1) is 7.01. The lowest BCUT2D eigenvalue weighted by molar-refractivity contribution is -0.116. The van der Waals surface area contributed by atoms with Crippen LogP contribution in [0.15, 0.2) is 12.7 Å². The molecule has 88 valence electrons. The molecule has 0 N–H and O–H groups in total. The molecule has 0 saturated carbocycles. The van der Waals surface area contributed by atoms with E-state index in [-0.39, 0.29) is 19.1 Å². The lowest BCUT2D eigenvalue weighted by Crippen LogP contribution is -2.14. The molecule has 0 amide bonds. The minimum atomic E-state index is -3.58. The molecule has 4 nitrogen and oxygen atoms in total. The van der Waals surface area contributed by atoms with E-state index in [0.29, 0.717) is 6.42 Å². The Morgan fingerprint density at radius 3 is 2.20 bits per heavy atom. The fourth-order valence-electron chi connectivity index (χ4n) is 1.13. The van der Waals surface area contributed by atoms with Gasteiger partial charge in [0.05, 0.1) is 13.2 Å². The third-order valence-electron chi connectivity index (χ3n) is 1.81. The van der Waals surface area contributed by atoms with Gasteiger partial charge in [-0.25, -0.2) is 0 Å². The monoisotopic (exact) mass is 234 g/mol. The zero-order valence-corrected chi connectivity index (χ0v) is 10.5. The van der Waals surface area contributed by atoms with Crippen LogP contribution in [-0.4, -0.2) is 18.7 Å². The molecule has 0 aromatic rings. The molecule has 0 spiro atoms. The van der Waals surface area contributed by atoms with Crippen molar-refractivity contribution in [1.29, 1.82) is 0 Å². The Hall–Kier alpha value is -0.440. The molecule has 0 aliphatic heterocycles. The van der Waals surface area contributed by atoms with Crippen LogP contribution in [0, 0.1) is 5.92 Å². The summed E-state index contributed by atoms with van der Waals surface area (Å²) in [6.07, 6.45) is 2.09. The van der Waals surface area contributed by atoms with E-state index in [1.807, 2.05) is 0 Å². The van der Waals surface area contributed by atoms with Gasteiger partial charge in [-0.15, -0.1) is 6.58 Å². The fraction of sp³-hybridized carbons (Fsp3) is 0.700. The molecule has 0 aromatic heterocycles. The van der Waals surface area contributed by atoms with Gasteiger partial charge in [-0.05, 0) is 20.3 Å². The van der Waals surface area contributed by atoms with Crippen LogP contribution >= 0.6 is 7.60 Å². The van der Waals surface area contributed by atoms with Crippen LogP contribution in [0.5, 0.6) is 0 Å². The van der Waals surface area contributed by atoms with Crippen molar-refractivity contribution in [3.63, 3.8) is 0 Å². The first-order valence-electron chi connectivity index (χ1n) is 5.06. The Balaban J connectivity index is 4.68. The molecule has 0 rings (SSSR count). The van der Waals surface area contributed by atoms with Gasteiger partial charge in [0.15, 0.2) is 0 Å². The van der Waals surface area contributed by atoms with Gasteiger partial charge in [-0.1, -0.05) is 13.0 Å². The smallest absolute Gasteiger partial charge is 0.303 e. The second-order valence-electron chi connectivity index (χ2n) is 3.10. The molecule has 15 heavy (non-hydrogen) atoms. The van der Waals surface area contributed by atoms with Crippen molar-refractivity contribution < 1.29 is 18.4 Å². The van der Waals surface area contributed by atoms with Gasteiger partial charge >= 0.3 is 7.60 Å². The highest BCUT2D eigenvalue weighted by Gasteiger charge is 2.36. The van der Waals surface area contributed by atoms with Crippen molar-refractivity contribution in [3.05, 3.63) is 12.7 Å². The van der Waals surface area contributed by atoms with E-state index < -0.39 is 13.1 Å². The highest BCUT2D eigenvalue weighted by atomic mass is 31.2. The number of rotatable bonds is 8. The maximum absolute atomic E-state index is 12.0. The molecule has 0 heterocycles. The van der Waals surface area contributed by atoms with Crippen molar-refractivity contribution in [2.24, 2.45) is 5.92 Å². The van der Waals surface area contributed by atoms with Gasteiger partial charge in [0.25, 0.3) is 0 Å². The maximum atomic E-state index is 12.0. The molecule has 0 aliphatic carbocycles. The fourth-order valence-corrected chi connectivity index (χ4v) is 2.78. The van der Waals surface area contributed by atoms with Crippen LogP contribution in [0.1, 0.15) is 27.2 Å². The summed E-state index contributed by atoms with van der Waals surface area (Å²) in [7, 11) is -3.58. The number of hydrogen-bond acceptors (Lipinski definition) is 4. The summed E-state index contributed by atoms with van der Waals surface area (Å²) < 4.78 is 21.9. The summed E-state index contributed by atoms with van der Waals surface area (Å²) in [5.41, 5.74) is -0.467. The molecule has 5 heteroatoms. The minimum absolute atomic E-state index is 0.198. The van der Waals surface area contributed by atoms with E-state index >= 15 is 0 Å². The first kappa shape index (κ1) is 14.6. The molecule has 0 saturated heterocycles. The summed E-state index contributed by atoms with van der Waals surface area (Å²) in [6.45, 7) is 8.97. The summed E-state index contributed by atoms with van der Waals surface area (Å²) in [5.74, 6) is -0.383. The Bertz CT molecular complexity index is 252. The van der Waals surface area contributed by atoms with E-state index in [0.717, 1.165) is 0 Å². The van der Waals surface area contributed by atoms with Crippen LogP contribution < -0.4 is 0 Å². The second-order valence-corrected chi connectivity index (χ2v) is 5.05. The van der Waals surface area contributed by atoms with Gasteiger partial charge in [0.1, 0.15) is 0 Å². The summed E-state index contributed by atoms with van der Waals surface area (Å²) >= 11 is 0. The molecular formula is C10H19O4P. The van der Waals surface area contributed by atoms with Crippen molar-refractivity contribution >= 4 is 13.1 Å².